The van der Waals surface area contributed by atoms with E-state index in [-0.39, 0.29) is 17.5 Å². The SMILES string of the molecule is CCOc1ccc(-c2ccc(CCCc3nn(Cc4ccc(C(C)(C)C)cc4)c(=O)n3C)cc2)cc1CC(=O)O. The number of aromatic nitrogens is 3. The molecule has 4 aromatic rings. The summed E-state index contributed by atoms with van der Waals surface area (Å²) in [6.45, 7) is 9.39. The molecule has 210 valence electrons. The van der Waals surface area contributed by atoms with Crippen molar-refractivity contribution < 1.29 is 14.6 Å². The number of hydrogen-bond acceptors (Lipinski definition) is 4. The number of aliphatic carboxylic acids is 1. The van der Waals surface area contributed by atoms with Gasteiger partial charge in [-0.2, -0.15) is 5.10 Å². The van der Waals surface area contributed by atoms with E-state index in [2.05, 4.69) is 74.4 Å². The molecule has 0 fully saturated rings. The fourth-order valence-electron chi connectivity index (χ4n) is 4.81. The van der Waals surface area contributed by atoms with Gasteiger partial charge in [-0.3, -0.25) is 9.36 Å². The summed E-state index contributed by atoms with van der Waals surface area (Å²) in [6.07, 6.45) is 2.36. The Bertz CT molecular complexity index is 1510. The van der Waals surface area contributed by atoms with Crippen molar-refractivity contribution in [1.29, 1.82) is 0 Å². The first kappa shape index (κ1) is 28.9. The highest BCUT2D eigenvalue weighted by Gasteiger charge is 2.15. The van der Waals surface area contributed by atoms with E-state index in [1.54, 1.807) is 16.3 Å². The van der Waals surface area contributed by atoms with E-state index in [0.717, 1.165) is 35.4 Å². The van der Waals surface area contributed by atoms with Crippen molar-refractivity contribution in [1.82, 2.24) is 14.3 Å². The summed E-state index contributed by atoms with van der Waals surface area (Å²) >= 11 is 0. The Balaban J connectivity index is 1.37. The Morgan fingerprint density at radius 2 is 1.57 bits per heavy atom. The van der Waals surface area contributed by atoms with Gasteiger partial charge in [0.2, 0.25) is 0 Å². The van der Waals surface area contributed by atoms with Crippen molar-refractivity contribution in [2.45, 2.75) is 65.3 Å². The largest absolute Gasteiger partial charge is 0.494 e. The van der Waals surface area contributed by atoms with Gasteiger partial charge in [0.1, 0.15) is 11.6 Å². The lowest BCUT2D eigenvalue weighted by Gasteiger charge is -2.19. The average Bonchev–Trinajstić information content (AvgIpc) is 3.17. The smallest absolute Gasteiger partial charge is 0.345 e. The van der Waals surface area contributed by atoms with Gasteiger partial charge in [-0.05, 0) is 65.1 Å². The summed E-state index contributed by atoms with van der Waals surface area (Å²) in [5, 5.41) is 13.9. The van der Waals surface area contributed by atoms with E-state index < -0.39 is 5.97 Å². The van der Waals surface area contributed by atoms with Crippen LogP contribution >= 0.6 is 0 Å². The zero-order valence-corrected chi connectivity index (χ0v) is 24.1. The number of benzene rings is 3. The summed E-state index contributed by atoms with van der Waals surface area (Å²) in [4.78, 5) is 24.1. The molecule has 3 aromatic carbocycles. The van der Waals surface area contributed by atoms with Crippen molar-refractivity contribution >= 4 is 5.97 Å². The third kappa shape index (κ3) is 7.08. The third-order valence-electron chi connectivity index (χ3n) is 7.14. The van der Waals surface area contributed by atoms with Crippen LogP contribution in [0.15, 0.2) is 71.5 Å². The molecular formula is C33H39N3O4. The maximum Gasteiger partial charge on any atom is 0.345 e. The third-order valence-corrected chi connectivity index (χ3v) is 7.14. The molecule has 0 bridgehead atoms. The molecule has 0 amide bonds. The highest BCUT2D eigenvalue weighted by molar-refractivity contribution is 5.74. The van der Waals surface area contributed by atoms with Crippen LogP contribution in [0.2, 0.25) is 0 Å². The lowest BCUT2D eigenvalue weighted by Crippen LogP contribution is -2.24. The summed E-state index contributed by atoms with van der Waals surface area (Å²) in [5.41, 5.74) is 6.16. The molecule has 1 aromatic heterocycles. The van der Waals surface area contributed by atoms with Gasteiger partial charge < -0.3 is 9.84 Å². The second-order valence-corrected chi connectivity index (χ2v) is 11.2. The molecule has 0 saturated heterocycles. The molecule has 1 N–H and O–H groups in total. The van der Waals surface area contributed by atoms with Crippen molar-refractivity contribution in [3.05, 3.63) is 105 Å². The van der Waals surface area contributed by atoms with Gasteiger partial charge in [0, 0.05) is 19.0 Å². The van der Waals surface area contributed by atoms with Gasteiger partial charge in [0.05, 0.1) is 19.6 Å². The van der Waals surface area contributed by atoms with Crippen LogP contribution in [0.5, 0.6) is 5.75 Å². The fraction of sp³-hybridized carbons (Fsp3) is 0.364. The molecule has 0 aliphatic carbocycles. The Kier molecular flexibility index (Phi) is 8.93. The molecule has 7 heteroatoms. The average molecular weight is 542 g/mol. The van der Waals surface area contributed by atoms with E-state index in [0.29, 0.717) is 30.9 Å². The molecule has 0 aliphatic rings. The van der Waals surface area contributed by atoms with Crippen molar-refractivity contribution in [3.63, 3.8) is 0 Å². The van der Waals surface area contributed by atoms with Gasteiger partial charge >= 0.3 is 11.7 Å². The zero-order valence-electron chi connectivity index (χ0n) is 24.1. The van der Waals surface area contributed by atoms with Crippen LogP contribution in [-0.4, -0.2) is 32.0 Å². The number of carboxylic acid groups (broad SMARTS) is 1. The lowest BCUT2D eigenvalue weighted by atomic mass is 9.87. The molecule has 0 saturated carbocycles. The van der Waals surface area contributed by atoms with E-state index in [9.17, 15) is 14.7 Å². The van der Waals surface area contributed by atoms with Gasteiger partial charge in [-0.25, -0.2) is 9.48 Å². The minimum atomic E-state index is -0.884. The number of carbonyl (C=O) groups is 1. The molecule has 40 heavy (non-hydrogen) atoms. The normalized spacial score (nSPS) is 11.5. The number of hydrogen-bond donors (Lipinski definition) is 1. The van der Waals surface area contributed by atoms with E-state index >= 15 is 0 Å². The highest BCUT2D eigenvalue weighted by atomic mass is 16.5. The van der Waals surface area contributed by atoms with E-state index in [4.69, 9.17) is 4.74 Å². The second-order valence-electron chi connectivity index (χ2n) is 11.2. The maximum absolute atomic E-state index is 12.8. The van der Waals surface area contributed by atoms with Crippen molar-refractivity contribution in [2.75, 3.05) is 6.61 Å². The van der Waals surface area contributed by atoms with Crippen LogP contribution in [0, 0.1) is 0 Å². The Morgan fingerprint density at radius 3 is 2.20 bits per heavy atom. The highest BCUT2D eigenvalue weighted by Crippen LogP contribution is 2.28. The van der Waals surface area contributed by atoms with Gasteiger partial charge in [-0.15, -0.1) is 0 Å². The molecule has 0 aliphatic heterocycles. The summed E-state index contributed by atoms with van der Waals surface area (Å²) in [7, 11) is 1.79. The molecule has 0 unspecified atom stereocenters. The molecule has 4 rings (SSSR count). The van der Waals surface area contributed by atoms with Gasteiger partial charge in [-0.1, -0.05) is 75.4 Å². The predicted octanol–water partition coefficient (Wildman–Crippen LogP) is 5.80. The van der Waals surface area contributed by atoms with Crippen LogP contribution in [0.3, 0.4) is 0 Å². The summed E-state index contributed by atoms with van der Waals surface area (Å²) < 4.78 is 8.79. The maximum atomic E-state index is 12.8. The van der Waals surface area contributed by atoms with Crippen molar-refractivity contribution in [3.8, 4) is 16.9 Å². The molecular weight excluding hydrogens is 502 g/mol. The van der Waals surface area contributed by atoms with Crippen LogP contribution in [0.4, 0.5) is 0 Å². The first-order chi connectivity index (χ1) is 19.0. The minimum absolute atomic E-state index is 0.0804. The second kappa shape index (κ2) is 12.4. The van der Waals surface area contributed by atoms with E-state index in [1.807, 2.05) is 25.1 Å². The van der Waals surface area contributed by atoms with Crippen LogP contribution in [0.1, 0.15) is 62.2 Å². The van der Waals surface area contributed by atoms with E-state index in [1.165, 1.54) is 11.1 Å². The number of ether oxygens (including phenoxy) is 1. The fourth-order valence-corrected chi connectivity index (χ4v) is 4.81. The molecule has 0 spiro atoms. The Morgan fingerprint density at radius 1 is 0.925 bits per heavy atom. The summed E-state index contributed by atoms with van der Waals surface area (Å²) in [5.74, 6) is 0.513. The van der Waals surface area contributed by atoms with Gasteiger partial charge in [0.25, 0.3) is 0 Å². The molecule has 7 nitrogen and oxygen atoms in total. The zero-order chi connectivity index (χ0) is 28.9. The number of nitrogens with zero attached hydrogens (tertiary/aromatic N) is 3. The van der Waals surface area contributed by atoms with Gasteiger partial charge in [0.15, 0.2) is 0 Å². The van der Waals surface area contributed by atoms with Crippen LogP contribution in [-0.2, 0) is 43.1 Å². The molecule has 1 heterocycles. The topological polar surface area (TPSA) is 86.4 Å². The molecule has 0 radical (unpaired) electrons. The number of carboxylic acids is 1. The number of aryl methyl sites for hydroxylation is 2. The minimum Gasteiger partial charge on any atom is -0.494 e. The monoisotopic (exact) mass is 541 g/mol. The Labute approximate surface area is 236 Å². The quantitative estimate of drug-likeness (QED) is 0.260. The molecule has 0 atom stereocenters. The predicted molar refractivity (Wildman–Crippen MR) is 158 cm³/mol. The lowest BCUT2D eigenvalue weighted by molar-refractivity contribution is -0.136. The van der Waals surface area contributed by atoms with Crippen molar-refractivity contribution in [2.24, 2.45) is 7.05 Å². The first-order valence-corrected chi connectivity index (χ1v) is 13.8. The standard InChI is InChI=1S/C33H39N3O4/c1-6-40-29-19-16-26(20-27(29)21-31(37)38)25-14-10-23(11-15-25)8-7-9-30-34-36(32(39)35(30)5)22-24-12-17-28(18-13-24)33(2,3)4/h10-20H,6-9,21-22H2,1-5H3,(H,37,38). The van der Waals surface area contributed by atoms with Crippen LogP contribution in [0.25, 0.3) is 11.1 Å². The number of rotatable bonds is 11. The summed E-state index contributed by atoms with van der Waals surface area (Å²) in [6, 6.07) is 22.4. The van der Waals surface area contributed by atoms with Crippen LogP contribution < -0.4 is 10.4 Å². The Hall–Kier alpha value is -4.13. The first-order valence-electron chi connectivity index (χ1n) is 13.8.